The Hall–Kier alpha value is -2.82. The van der Waals surface area contributed by atoms with Crippen molar-refractivity contribution >= 4 is 11.8 Å². The van der Waals surface area contributed by atoms with Crippen LogP contribution in [-0.4, -0.2) is 31.5 Å². The molecule has 0 radical (unpaired) electrons. The van der Waals surface area contributed by atoms with Gasteiger partial charge >= 0.3 is 0 Å². The van der Waals surface area contributed by atoms with E-state index in [9.17, 15) is 9.59 Å². The summed E-state index contributed by atoms with van der Waals surface area (Å²) >= 11 is 0. The van der Waals surface area contributed by atoms with Crippen LogP contribution in [0.4, 0.5) is 0 Å². The second-order valence-electron chi connectivity index (χ2n) is 6.10. The predicted octanol–water partition coefficient (Wildman–Crippen LogP) is 2.63. The van der Waals surface area contributed by atoms with Crippen LogP contribution in [0.25, 0.3) is 0 Å². The summed E-state index contributed by atoms with van der Waals surface area (Å²) in [5.74, 6) is 0.656. The van der Waals surface area contributed by atoms with E-state index >= 15 is 0 Å². The molecule has 5 heteroatoms. The summed E-state index contributed by atoms with van der Waals surface area (Å²) in [6.45, 7) is 3.22. The van der Waals surface area contributed by atoms with Gasteiger partial charge in [-0.05, 0) is 31.0 Å². The Balaban J connectivity index is 1.50. The number of hydrogen-bond acceptors (Lipinski definition) is 3. The van der Waals surface area contributed by atoms with Crippen molar-refractivity contribution in [3.05, 3.63) is 65.7 Å². The molecule has 2 rings (SSSR count). The van der Waals surface area contributed by atoms with E-state index in [1.54, 1.807) is 0 Å². The van der Waals surface area contributed by atoms with E-state index in [-0.39, 0.29) is 18.2 Å². The summed E-state index contributed by atoms with van der Waals surface area (Å²) in [6, 6.07) is 17.6. The number of hydrogen-bond donors (Lipinski definition) is 2. The summed E-state index contributed by atoms with van der Waals surface area (Å²) in [4.78, 5) is 23.5. The molecule has 0 bridgehead atoms. The number of aryl methyl sites for hydroxylation is 2. The minimum atomic E-state index is -0.0881. The molecule has 5 nitrogen and oxygen atoms in total. The summed E-state index contributed by atoms with van der Waals surface area (Å²) < 4.78 is 5.47. The second-order valence-corrected chi connectivity index (χ2v) is 6.10. The van der Waals surface area contributed by atoms with Gasteiger partial charge in [-0.1, -0.05) is 48.0 Å². The Labute approximate surface area is 154 Å². The highest BCUT2D eigenvalue weighted by atomic mass is 16.5. The second kappa shape index (κ2) is 10.9. The van der Waals surface area contributed by atoms with E-state index in [1.165, 1.54) is 5.56 Å². The van der Waals surface area contributed by atoms with Crippen molar-refractivity contribution in [2.75, 3.05) is 19.7 Å². The van der Waals surface area contributed by atoms with Gasteiger partial charge in [0.15, 0.2) is 0 Å². The van der Waals surface area contributed by atoms with Gasteiger partial charge in [0.2, 0.25) is 11.8 Å². The van der Waals surface area contributed by atoms with Gasteiger partial charge in [0, 0.05) is 19.5 Å². The number of carbonyl (C=O) groups excluding carboxylic acids is 2. The lowest BCUT2D eigenvalue weighted by Gasteiger charge is -2.08. The molecule has 0 atom stereocenters. The molecule has 0 aliphatic heterocycles. The Morgan fingerprint density at radius 1 is 0.846 bits per heavy atom. The number of benzene rings is 2. The molecule has 0 saturated heterocycles. The average Bonchev–Trinajstić information content (AvgIpc) is 2.66. The minimum Gasteiger partial charge on any atom is -0.493 e. The fourth-order valence-corrected chi connectivity index (χ4v) is 2.37. The number of ether oxygens (including phenoxy) is 1. The van der Waals surface area contributed by atoms with Crippen LogP contribution in [0.1, 0.15) is 24.0 Å². The molecule has 138 valence electrons. The zero-order valence-electron chi connectivity index (χ0n) is 15.2. The maximum Gasteiger partial charge on any atom is 0.223 e. The summed E-state index contributed by atoms with van der Waals surface area (Å²) in [6.07, 6.45) is 1.45. The van der Waals surface area contributed by atoms with Crippen LogP contribution in [0.3, 0.4) is 0 Å². The van der Waals surface area contributed by atoms with Crippen LogP contribution in [0.2, 0.25) is 0 Å². The molecule has 2 N–H and O–H groups in total. The molecule has 0 aromatic heterocycles. The van der Waals surface area contributed by atoms with Crippen molar-refractivity contribution in [1.29, 1.82) is 0 Å². The maximum absolute atomic E-state index is 11.8. The van der Waals surface area contributed by atoms with Gasteiger partial charge in [-0.2, -0.15) is 0 Å². The van der Waals surface area contributed by atoms with Gasteiger partial charge < -0.3 is 15.4 Å². The molecule has 0 aliphatic rings. The van der Waals surface area contributed by atoms with Gasteiger partial charge in [-0.15, -0.1) is 0 Å². The molecule has 0 unspecified atom stereocenters. The highest BCUT2D eigenvalue weighted by Crippen LogP contribution is 2.08. The monoisotopic (exact) mass is 354 g/mol. The zero-order valence-corrected chi connectivity index (χ0v) is 15.2. The van der Waals surface area contributed by atoms with E-state index in [2.05, 4.69) is 10.6 Å². The van der Waals surface area contributed by atoms with Crippen molar-refractivity contribution in [3.63, 3.8) is 0 Å². The Kier molecular flexibility index (Phi) is 8.19. The van der Waals surface area contributed by atoms with Crippen LogP contribution in [-0.2, 0) is 16.0 Å². The fraction of sp³-hybridized carbons (Fsp3) is 0.333. The molecular weight excluding hydrogens is 328 g/mol. The molecule has 2 aromatic rings. The van der Waals surface area contributed by atoms with Gasteiger partial charge in [-0.25, -0.2) is 0 Å². The van der Waals surface area contributed by atoms with Crippen molar-refractivity contribution in [2.45, 2.75) is 26.2 Å². The SMILES string of the molecule is Cc1ccc(CCC(=O)NCCNC(=O)CCOc2ccccc2)cc1. The average molecular weight is 354 g/mol. The Morgan fingerprint density at radius 3 is 2.12 bits per heavy atom. The predicted molar refractivity (Wildman–Crippen MR) is 102 cm³/mol. The first-order chi connectivity index (χ1) is 12.6. The number of nitrogens with one attached hydrogen (secondary N) is 2. The quantitative estimate of drug-likeness (QED) is 0.645. The van der Waals surface area contributed by atoms with Gasteiger partial charge in [0.05, 0.1) is 13.0 Å². The number of rotatable bonds is 10. The molecule has 0 saturated carbocycles. The number of amides is 2. The molecule has 26 heavy (non-hydrogen) atoms. The fourth-order valence-electron chi connectivity index (χ4n) is 2.37. The lowest BCUT2D eigenvalue weighted by Crippen LogP contribution is -2.35. The summed E-state index contributed by atoms with van der Waals surface area (Å²) in [5.41, 5.74) is 2.36. The van der Waals surface area contributed by atoms with Crippen molar-refractivity contribution in [2.24, 2.45) is 0 Å². The van der Waals surface area contributed by atoms with Crippen LogP contribution in [0, 0.1) is 6.92 Å². The van der Waals surface area contributed by atoms with E-state index in [0.717, 1.165) is 17.7 Å². The Morgan fingerprint density at radius 2 is 1.46 bits per heavy atom. The van der Waals surface area contributed by atoms with Crippen molar-refractivity contribution in [1.82, 2.24) is 10.6 Å². The molecule has 0 fully saturated rings. The van der Waals surface area contributed by atoms with Crippen LogP contribution in [0.5, 0.6) is 5.75 Å². The highest BCUT2D eigenvalue weighted by molar-refractivity contribution is 5.77. The first-order valence-corrected chi connectivity index (χ1v) is 8.90. The lowest BCUT2D eigenvalue weighted by molar-refractivity contribution is -0.123. The molecule has 0 spiro atoms. The molecule has 2 aromatic carbocycles. The third-order valence-corrected chi connectivity index (χ3v) is 3.87. The normalized spacial score (nSPS) is 10.2. The van der Waals surface area contributed by atoms with Crippen LogP contribution >= 0.6 is 0 Å². The first-order valence-electron chi connectivity index (χ1n) is 8.90. The third kappa shape index (κ3) is 7.83. The van der Waals surface area contributed by atoms with E-state index in [0.29, 0.717) is 26.1 Å². The standard InChI is InChI=1S/C21H26N2O3/c1-17-7-9-18(10-8-17)11-12-20(24)22-14-15-23-21(25)13-16-26-19-5-3-2-4-6-19/h2-10H,11-16H2,1H3,(H,22,24)(H,23,25). The summed E-state index contributed by atoms with van der Waals surface area (Å²) in [7, 11) is 0. The highest BCUT2D eigenvalue weighted by Gasteiger charge is 2.04. The summed E-state index contributed by atoms with van der Waals surface area (Å²) in [5, 5.41) is 5.59. The lowest BCUT2D eigenvalue weighted by atomic mass is 10.1. The van der Waals surface area contributed by atoms with Crippen molar-refractivity contribution < 1.29 is 14.3 Å². The largest absolute Gasteiger partial charge is 0.493 e. The van der Waals surface area contributed by atoms with E-state index in [4.69, 9.17) is 4.74 Å². The van der Waals surface area contributed by atoms with Gasteiger partial charge in [0.1, 0.15) is 5.75 Å². The molecular formula is C21H26N2O3. The maximum atomic E-state index is 11.8. The van der Waals surface area contributed by atoms with Gasteiger partial charge in [-0.3, -0.25) is 9.59 Å². The Bertz CT molecular complexity index is 684. The smallest absolute Gasteiger partial charge is 0.223 e. The molecule has 0 aliphatic carbocycles. The van der Waals surface area contributed by atoms with Crippen LogP contribution in [0.15, 0.2) is 54.6 Å². The third-order valence-electron chi connectivity index (χ3n) is 3.87. The number of carbonyl (C=O) groups is 2. The topological polar surface area (TPSA) is 67.4 Å². The minimum absolute atomic E-state index is 0.00719. The van der Waals surface area contributed by atoms with Crippen LogP contribution < -0.4 is 15.4 Å². The van der Waals surface area contributed by atoms with Crippen molar-refractivity contribution in [3.8, 4) is 5.75 Å². The van der Waals surface area contributed by atoms with E-state index < -0.39 is 0 Å². The zero-order chi connectivity index (χ0) is 18.6. The van der Waals surface area contributed by atoms with E-state index in [1.807, 2.05) is 61.5 Å². The number of para-hydroxylation sites is 1. The molecule has 0 heterocycles. The molecule has 2 amide bonds. The van der Waals surface area contributed by atoms with Gasteiger partial charge in [0.25, 0.3) is 0 Å². The first kappa shape index (κ1) is 19.5.